The van der Waals surface area contributed by atoms with Gasteiger partial charge in [-0.25, -0.2) is 4.79 Å². The van der Waals surface area contributed by atoms with Crippen molar-refractivity contribution in [3.05, 3.63) is 0 Å². The second kappa shape index (κ2) is 10.7. The molecule has 196 valence electrons. The fraction of sp³-hybridized carbons (Fsp3) is 0.923. The highest BCUT2D eigenvalue weighted by molar-refractivity contribution is 6.82. The van der Waals surface area contributed by atoms with E-state index in [4.69, 9.17) is 18.9 Å². The smallest absolute Gasteiger partial charge is 0.459 e. The molecule has 0 aromatic heterocycles. The van der Waals surface area contributed by atoms with Crippen molar-refractivity contribution in [1.29, 1.82) is 0 Å². The van der Waals surface area contributed by atoms with Crippen LogP contribution in [0.15, 0.2) is 0 Å². The normalized spacial score (nSPS) is 15.1. The molecule has 0 amide bonds. The lowest BCUT2D eigenvalue weighted by atomic mass is 9.75. The van der Waals surface area contributed by atoms with Crippen molar-refractivity contribution in [2.75, 3.05) is 13.2 Å². The van der Waals surface area contributed by atoms with Gasteiger partial charge in [0.25, 0.3) is 0 Å². The summed E-state index contributed by atoms with van der Waals surface area (Å²) in [5.74, 6) is -0.549. The average molecular weight is 489 g/mol. The summed E-state index contributed by atoms with van der Waals surface area (Å²) in [6, 6.07) is 0. The molecule has 6 nitrogen and oxygen atoms in total. The maximum atomic E-state index is 12.5. The minimum absolute atomic E-state index is 0.0967. The number of carbonyl (C=O) groups is 2. The first-order valence-electron chi connectivity index (χ1n) is 12.1. The third-order valence-electron chi connectivity index (χ3n) is 8.58. The quantitative estimate of drug-likeness (QED) is 0.227. The summed E-state index contributed by atoms with van der Waals surface area (Å²) in [6.07, 6.45) is 0.0161. The topological polar surface area (TPSA) is 71.1 Å². The Kier molecular flexibility index (Phi) is 10.3. The Morgan fingerprint density at radius 2 is 1.33 bits per heavy atom. The molecule has 0 heterocycles. The Morgan fingerprint density at radius 3 is 1.76 bits per heavy atom. The van der Waals surface area contributed by atoms with Gasteiger partial charge >= 0.3 is 12.1 Å². The van der Waals surface area contributed by atoms with Crippen LogP contribution in [-0.2, 0) is 23.7 Å². The van der Waals surface area contributed by atoms with Gasteiger partial charge in [0.05, 0.1) is 13.3 Å². The van der Waals surface area contributed by atoms with Crippen molar-refractivity contribution in [2.24, 2.45) is 11.3 Å². The van der Waals surface area contributed by atoms with E-state index >= 15 is 0 Å². The third-order valence-corrected chi connectivity index (χ3v) is 15.5. The molecule has 0 aliphatic heterocycles. The lowest BCUT2D eigenvalue weighted by molar-refractivity contribution is -0.160. The molecule has 0 rings (SSSR count). The predicted molar refractivity (Wildman–Crippen MR) is 137 cm³/mol. The molecule has 0 aromatic carbocycles. The van der Waals surface area contributed by atoms with Gasteiger partial charge in [0.1, 0.15) is 17.8 Å². The van der Waals surface area contributed by atoms with E-state index in [1.807, 2.05) is 20.8 Å². The molecule has 1 unspecified atom stereocenters. The van der Waals surface area contributed by atoms with Gasteiger partial charge in [0, 0.05) is 24.9 Å². The summed E-state index contributed by atoms with van der Waals surface area (Å²) in [7, 11) is -1.71. The lowest BCUT2D eigenvalue weighted by Crippen LogP contribution is -2.58. The third kappa shape index (κ3) is 8.57. The number of hydrogen-bond acceptors (Lipinski definition) is 6. The van der Waals surface area contributed by atoms with Gasteiger partial charge in [0.15, 0.2) is 0 Å². The van der Waals surface area contributed by atoms with Crippen LogP contribution in [0, 0.1) is 11.3 Å². The zero-order chi connectivity index (χ0) is 26.7. The van der Waals surface area contributed by atoms with E-state index in [2.05, 4.69) is 61.6 Å². The molecule has 0 saturated heterocycles. The Balaban J connectivity index is 4.97. The van der Waals surface area contributed by atoms with E-state index in [1.165, 1.54) is 6.92 Å². The highest BCUT2D eigenvalue weighted by Gasteiger charge is 2.49. The number of esters is 1. The maximum absolute atomic E-state index is 12.5. The van der Waals surface area contributed by atoms with Crippen LogP contribution < -0.4 is 0 Å². The second-order valence-corrected chi connectivity index (χ2v) is 19.1. The van der Waals surface area contributed by atoms with E-state index in [0.29, 0.717) is 6.61 Å². The molecule has 1 atom stereocenters. The Morgan fingerprint density at radius 1 is 0.848 bits per heavy atom. The van der Waals surface area contributed by atoms with E-state index in [9.17, 15) is 9.59 Å². The van der Waals surface area contributed by atoms with Crippen LogP contribution >= 0.6 is 0 Å². The first kappa shape index (κ1) is 31.9. The molecule has 33 heavy (non-hydrogen) atoms. The summed E-state index contributed by atoms with van der Waals surface area (Å²) in [6.45, 7) is 31.5. The molecule has 0 fully saturated rings. The van der Waals surface area contributed by atoms with Gasteiger partial charge in [-0.2, -0.15) is 0 Å². The minimum Gasteiger partial charge on any atom is -0.459 e. The Bertz CT molecular complexity index is 671. The summed E-state index contributed by atoms with van der Waals surface area (Å²) >= 11 is 0. The van der Waals surface area contributed by atoms with Crippen molar-refractivity contribution in [1.82, 2.24) is 0 Å². The molecular weight excluding hydrogens is 436 g/mol. The largest absolute Gasteiger partial charge is 0.508 e. The van der Waals surface area contributed by atoms with Crippen molar-refractivity contribution < 1.29 is 28.5 Å². The Hall–Kier alpha value is -1.08. The summed E-state index contributed by atoms with van der Waals surface area (Å²) in [4.78, 5) is 23.7. The first-order valence-corrected chi connectivity index (χ1v) is 15.1. The molecule has 0 N–H and O–H groups in total. The van der Waals surface area contributed by atoms with Gasteiger partial charge < -0.3 is 18.9 Å². The maximum Gasteiger partial charge on any atom is 0.508 e. The molecule has 0 radical (unpaired) electrons. The van der Waals surface area contributed by atoms with Crippen LogP contribution in [0.25, 0.3) is 0 Å². The van der Waals surface area contributed by atoms with Crippen LogP contribution in [-0.4, -0.2) is 49.8 Å². The van der Waals surface area contributed by atoms with Crippen molar-refractivity contribution in [3.63, 3.8) is 0 Å². The zero-order valence-electron chi connectivity index (χ0n) is 24.1. The number of ether oxygens (including phenoxy) is 4. The number of hydrogen-bond donors (Lipinski definition) is 0. The van der Waals surface area contributed by atoms with Gasteiger partial charge in [-0.1, -0.05) is 54.6 Å². The SMILES string of the molecule is CC(=O)OC(C)(C)C(C)COC(=O)OC(C)(C)C(C)(C)CCOC(C)(C)[Si](C)(C)C(C)(C)C. The molecule has 7 heteroatoms. The van der Waals surface area contributed by atoms with Crippen molar-refractivity contribution in [2.45, 2.75) is 131 Å². The molecule has 0 spiro atoms. The van der Waals surface area contributed by atoms with Crippen molar-refractivity contribution in [3.8, 4) is 0 Å². The second-order valence-electron chi connectivity index (χ2n) is 13.1. The van der Waals surface area contributed by atoms with Gasteiger partial charge in [-0.05, 0) is 53.0 Å². The van der Waals surface area contributed by atoms with E-state index in [-0.39, 0.29) is 34.2 Å². The average Bonchev–Trinajstić information content (AvgIpc) is 2.56. The van der Waals surface area contributed by atoms with E-state index in [0.717, 1.165) is 6.42 Å². The highest BCUT2D eigenvalue weighted by Crippen LogP contribution is 2.45. The molecule has 0 bridgehead atoms. The van der Waals surface area contributed by atoms with Gasteiger partial charge in [-0.3, -0.25) is 4.79 Å². The molecular formula is C26H52O6Si. The number of carbonyl (C=O) groups excluding carboxylic acids is 2. The minimum atomic E-state index is -1.71. The fourth-order valence-corrected chi connectivity index (χ4v) is 5.46. The van der Waals surface area contributed by atoms with Crippen LogP contribution in [0.1, 0.15) is 96.4 Å². The Labute approximate surface area is 204 Å². The monoisotopic (exact) mass is 488 g/mol. The first-order chi connectivity index (χ1) is 14.4. The predicted octanol–water partition coefficient (Wildman–Crippen LogP) is 7.16. The van der Waals surface area contributed by atoms with E-state index in [1.54, 1.807) is 13.8 Å². The van der Waals surface area contributed by atoms with Crippen molar-refractivity contribution >= 4 is 20.2 Å². The van der Waals surface area contributed by atoms with Crippen LogP contribution in [0.3, 0.4) is 0 Å². The standard InChI is InChI=1S/C26H52O6Si/c1-19(24(8,9)31-20(2)27)18-29-21(28)32-25(10,11)23(6,7)16-17-30-26(12,13)33(14,15)22(3,4)5/h19H,16-18H2,1-15H3. The molecule has 0 aliphatic rings. The van der Waals surface area contributed by atoms with Gasteiger partial charge in [-0.15, -0.1) is 0 Å². The zero-order valence-corrected chi connectivity index (χ0v) is 25.1. The molecule has 0 aromatic rings. The van der Waals surface area contributed by atoms with Crippen LogP contribution in [0.4, 0.5) is 4.79 Å². The fourth-order valence-electron chi connectivity index (χ4n) is 3.19. The van der Waals surface area contributed by atoms with Crippen LogP contribution in [0.5, 0.6) is 0 Å². The van der Waals surface area contributed by atoms with E-state index < -0.39 is 25.4 Å². The number of rotatable bonds is 11. The molecule has 0 saturated carbocycles. The molecule has 0 aliphatic carbocycles. The summed E-state index contributed by atoms with van der Waals surface area (Å²) in [5.41, 5.74) is -1.84. The van der Waals surface area contributed by atoms with Gasteiger partial charge in [0.2, 0.25) is 0 Å². The lowest BCUT2D eigenvalue weighted by Gasteiger charge is -2.49. The summed E-state index contributed by atoms with van der Waals surface area (Å²) < 4.78 is 22.9. The van der Waals surface area contributed by atoms with Crippen LogP contribution in [0.2, 0.25) is 18.1 Å². The highest BCUT2D eigenvalue weighted by atomic mass is 28.3. The summed E-state index contributed by atoms with van der Waals surface area (Å²) in [5, 5.41) is 0.0372.